The zero-order valence-electron chi connectivity index (χ0n) is 11.0. The van der Waals surface area contributed by atoms with E-state index in [9.17, 15) is 9.59 Å². The van der Waals surface area contributed by atoms with E-state index in [1.807, 2.05) is 17.5 Å². The van der Waals surface area contributed by atoms with Crippen LogP contribution in [-0.4, -0.2) is 32.7 Å². The largest absolute Gasteiger partial charge is 0.480 e. The lowest BCUT2D eigenvalue weighted by molar-refractivity contribution is -0.143. The van der Waals surface area contributed by atoms with E-state index >= 15 is 0 Å². The maximum atomic E-state index is 11.7. The van der Waals surface area contributed by atoms with Crippen molar-refractivity contribution in [2.75, 3.05) is 0 Å². The average Bonchev–Trinajstić information content (AvgIpc) is 2.92. The molecule has 110 valence electrons. The van der Waals surface area contributed by atoms with Gasteiger partial charge in [0.2, 0.25) is 17.6 Å². The molecule has 0 radical (unpaired) electrons. The smallest absolute Gasteiger partial charge is 0.329 e. The lowest BCUT2D eigenvalue weighted by atomic mass is 10.2. The van der Waals surface area contributed by atoms with Gasteiger partial charge in [-0.15, -0.1) is 11.3 Å². The molecule has 7 nitrogen and oxygen atoms in total. The third-order valence-corrected chi connectivity index (χ3v) is 4.18. The van der Waals surface area contributed by atoms with Crippen LogP contribution >= 0.6 is 11.3 Å². The average molecular weight is 307 g/mol. The molecular weight excluding hydrogens is 294 g/mol. The van der Waals surface area contributed by atoms with Crippen LogP contribution in [0.5, 0.6) is 0 Å². The maximum absolute atomic E-state index is 11.7. The summed E-state index contributed by atoms with van der Waals surface area (Å²) < 4.78 is 5.08. The minimum absolute atomic E-state index is 0.126. The zero-order valence-corrected chi connectivity index (χ0v) is 11.9. The highest BCUT2D eigenvalue weighted by molar-refractivity contribution is 7.13. The second kappa shape index (κ2) is 5.28. The first-order valence-electron chi connectivity index (χ1n) is 6.50. The minimum Gasteiger partial charge on any atom is -0.480 e. The van der Waals surface area contributed by atoms with Crippen LogP contribution in [0.2, 0.25) is 0 Å². The van der Waals surface area contributed by atoms with Crippen LogP contribution in [0.1, 0.15) is 25.2 Å². The van der Waals surface area contributed by atoms with Crippen molar-refractivity contribution in [3.05, 3.63) is 23.4 Å². The van der Waals surface area contributed by atoms with Gasteiger partial charge in [-0.25, -0.2) is 4.79 Å². The van der Waals surface area contributed by atoms with Crippen molar-refractivity contribution >= 4 is 23.2 Å². The van der Waals surface area contributed by atoms with Gasteiger partial charge in [0, 0.05) is 12.8 Å². The highest BCUT2D eigenvalue weighted by Crippen LogP contribution is 2.35. The molecule has 21 heavy (non-hydrogen) atoms. The summed E-state index contributed by atoms with van der Waals surface area (Å²) in [4.78, 5) is 27.8. The van der Waals surface area contributed by atoms with Crippen molar-refractivity contribution in [1.29, 1.82) is 0 Å². The molecule has 0 saturated heterocycles. The van der Waals surface area contributed by atoms with Crippen molar-refractivity contribution < 1.29 is 19.2 Å². The Bertz CT molecular complexity index is 661. The van der Waals surface area contributed by atoms with Gasteiger partial charge in [-0.1, -0.05) is 11.2 Å². The predicted octanol–water partition coefficient (Wildman–Crippen LogP) is 1.46. The van der Waals surface area contributed by atoms with E-state index in [1.165, 1.54) is 11.3 Å². The molecule has 1 fully saturated rings. The number of carbonyl (C=O) groups is 2. The molecule has 1 aliphatic carbocycles. The molecule has 3 rings (SSSR count). The van der Waals surface area contributed by atoms with Crippen LogP contribution in [0, 0.1) is 0 Å². The van der Waals surface area contributed by atoms with Gasteiger partial charge < -0.3 is 14.9 Å². The Morgan fingerprint density at radius 2 is 2.29 bits per heavy atom. The second-order valence-corrected chi connectivity index (χ2v) is 5.87. The van der Waals surface area contributed by atoms with Crippen LogP contribution in [-0.2, 0) is 16.0 Å². The number of nitrogens with one attached hydrogen (secondary N) is 1. The molecule has 0 unspecified atom stereocenters. The second-order valence-electron chi connectivity index (χ2n) is 4.92. The summed E-state index contributed by atoms with van der Waals surface area (Å²) in [7, 11) is 0. The summed E-state index contributed by atoms with van der Waals surface area (Å²) >= 11 is 1.50. The molecule has 2 aromatic heterocycles. The van der Waals surface area contributed by atoms with Crippen LogP contribution in [0.3, 0.4) is 0 Å². The van der Waals surface area contributed by atoms with Gasteiger partial charge in [0.1, 0.15) is 5.54 Å². The van der Waals surface area contributed by atoms with Crippen LogP contribution in [0.15, 0.2) is 22.0 Å². The normalized spacial score (nSPS) is 15.6. The van der Waals surface area contributed by atoms with Crippen LogP contribution in [0.25, 0.3) is 10.7 Å². The third kappa shape index (κ3) is 2.94. The van der Waals surface area contributed by atoms with Crippen molar-refractivity contribution in [3.63, 3.8) is 0 Å². The summed E-state index contributed by atoms with van der Waals surface area (Å²) in [5.41, 5.74) is -1.05. The first-order valence-corrected chi connectivity index (χ1v) is 7.38. The van der Waals surface area contributed by atoms with E-state index in [2.05, 4.69) is 15.5 Å². The van der Waals surface area contributed by atoms with Crippen LogP contribution < -0.4 is 5.32 Å². The van der Waals surface area contributed by atoms with Crippen molar-refractivity contribution in [2.45, 2.75) is 31.2 Å². The molecule has 0 atom stereocenters. The quantitative estimate of drug-likeness (QED) is 0.837. The number of carboxylic acid groups (broad SMARTS) is 1. The first kappa shape index (κ1) is 13.7. The zero-order chi connectivity index (χ0) is 14.9. The fourth-order valence-electron chi connectivity index (χ4n) is 1.93. The topological polar surface area (TPSA) is 105 Å². The maximum Gasteiger partial charge on any atom is 0.329 e. The number of aryl methyl sites for hydroxylation is 1. The number of carbonyl (C=O) groups excluding carboxylic acids is 1. The summed E-state index contributed by atoms with van der Waals surface area (Å²) in [6.07, 6.45) is 1.38. The Balaban J connectivity index is 1.54. The summed E-state index contributed by atoms with van der Waals surface area (Å²) in [5, 5.41) is 17.3. The van der Waals surface area contributed by atoms with E-state index in [1.54, 1.807) is 0 Å². The monoisotopic (exact) mass is 307 g/mol. The summed E-state index contributed by atoms with van der Waals surface area (Å²) in [6.45, 7) is 0. The molecule has 0 aliphatic heterocycles. The molecule has 1 aliphatic rings. The minimum atomic E-state index is -1.05. The lowest BCUT2D eigenvalue weighted by Gasteiger charge is -2.11. The Morgan fingerprint density at radius 3 is 2.90 bits per heavy atom. The number of thiophene rings is 1. The van der Waals surface area contributed by atoms with E-state index in [0.717, 1.165) is 4.88 Å². The molecule has 2 N–H and O–H groups in total. The van der Waals surface area contributed by atoms with Crippen molar-refractivity contribution in [2.24, 2.45) is 0 Å². The fraction of sp³-hybridized carbons (Fsp3) is 0.385. The molecule has 0 aromatic carbocycles. The molecule has 2 heterocycles. The Labute approximate surface area is 124 Å². The number of carboxylic acids is 1. The third-order valence-electron chi connectivity index (χ3n) is 3.31. The number of hydrogen-bond donors (Lipinski definition) is 2. The van der Waals surface area contributed by atoms with Gasteiger partial charge in [-0.3, -0.25) is 4.79 Å². The predicted molar refractivity (Wildman–Crippen MR) is 73.7 cm³/mol. The number of amides is 1. The number of rotatable bonds is 6. The molecule has 1 amide bonds. The summed E-state index contributed by atoms with van der Waals surface area (Å²) in [6, 6.07) is 3.78. The Morgan fingerprint density at radius 1 is 1.48 bits per heavy atom. The summed E-state index contributed by atoms with van der Waals surface area (Å²) in [5.74, 6) is -0.419. The van der Waals surface area contributed by atoms with Crippen molar-refractivity contribution in [3.8, 4) is 10.7 Å². The van der Waals surface area contributed by atoms with Gasteiger partial charge in [-0.05, 0) is 24.3 Å². The first-order chi connectivity index (χ1) is 10.1. The Hall–Kier alpha value is -2.22. The SMILES string of the molecule is O=C(CCc1nc(-c2cccs2)no1)NC1(C(=O)O)CC1. The lowest BCUT2D eigenvalue weighted by Crippen LogP contribution is -2.43. The number of hydrogen-bond acceptors (Lipinski definition) is 6. The van der Waals surface area contributed by atoms with Crippen LogP contribution in [0.4, 0.5) is 0 Å². The van der Waals surface area contributed by atoms with Gasteiger partial charge in [0.15, 0.2) is 0 Å². The number of nitrogens with zero attached hydrogens (tertiary/aromatic N) is 2. The Kier molecular flexibility index (Phi) is 3.46. The molecule has 1 saturated carbocycles. The number of aromatic nitrogens is 2. The molecule has 2 aromatic rings. The molecular formula is C13H13N3O4S. The molecule has 0 bridgehead atoms. The van der Waals surface area contributed by atoms with Gasteiger partial charge in [0.25, 0.3) is 0 Å². The van der Waals surface area contributed by atoms with Crippen molar-refractivity contribution in [1.82, 2.24) is 15.5 Å². The van der Waals surface area contributed by atoms with E-state index in [-0.39, 0.29) is 12.3 Å². The molecule has 8 heteroatoms. The van der Waals surface area contributed by atoms with Gasteiger partial charge >= 0.3 is 5.97 Å². The fourth-order valence-corrected chi connectivity index (χ4v) is 2.58. The van der Waals surface area contributed by atoms with Gasteiger partial charge in [-0.2, -0.15) is 4.98 Å². The molecule has 0 spiro atoms. The highest BCUT2D eigenvalue weighted by Gasteiger charge is 2.51. The van der Waals surface area contributed by atoms with E-state index in [4.69, 9.17) is 9.63 Å². The van der Waals surface area contributed by atoms with Gasteiger partial charge in [0.05, 0.1) is 4.88 Å². The number of aliphatic carboxylic acids is 1. The van der Waals surface area contributed by atoms with E-state index < -0.39 is 11.5 Å². The van der Waals surface area contributed by atoms with E-state index in [0.29, 0.717) is 31.0 Å². The standard InChI is InChI=1S/C13H13N3O4S/c17-9(15-13(5-6-13)12(18)19)3-4-10-14-11(16-20-10)8-2-1-7-21-8/h1-2,7H,3-6H2,(H,15,17)(H,18,19). The highest BCUT2D eigenvalue weighted by atomic mass is 32.1.